The first-order valence-corrected chi connectivity index (χ1v) is 9.70. The molecule has 2 amide bonds. The Hall–Kier alpha value is -2.69. The molecule has 2 aromatic carbocycles. The summed E-state index contributed by atoms with van der Waals surface area (Å²) in [5, 5.41) is 2.93. The lowest BCUT2D eigenvalue weighted by atomic mass is 10.1. The number of carbonyl (C=O) groups excluding carboxylic acids is 2. The lowest BCUT2D eigenvalue weighted by Crippen LogP contribution is -2.50. The quantitative estimate of drug-likeness (QED) is 0.748. The fourth-order valence-electron chi connectivity index (χ4n) is 2.84. The molecule has 2 rings (SSSR count). The predicted molar refractivity (Wildman–Crippen MR) is 109 cm³/mol. The van der Waals surface area contributed by atoms with Gasteiger partial charge in [0.25, 0.3) is 0 Å². The summed E-state index contributed by atoms with van der Waals surface area (Å²) in [6.45, 7) is 7.92. The van der Waals surface area contributed by atoms with Crippen LogP contribution >= 0.6 is 0 Å². The maximum Gasteiger partial charge on any atom is 0.242 e. The molecule has 2 atom stereocenters. The van der Waals surface area contributed by atoms with Crippen molar-refractivity contribution in [3.05, 3.63) is 71.0 Å². The van der Waals surface area contributed by atoms with E-state index in [9.17, 15) is 14.0 Å². The van der Waals surface area contributed by atoms with E-state index in [4.69, 9.17) is 0 Å². The molecule has 1 N–H and O–H groups in total. The van der Waals surface area contributed by atoms with Gasteiger partial charge in [-0.05, 0) is 44.4 Å². The third-order valence-corrected chi connectivity index (χ3v) is 4.94. The van der Waals surface area contributed by atoms with Crippen LogP contribution in [-0.4, -0.2) is 28.8 Å². The highest BCUT2D eigenvalue weighted by Gasteiger charge is 2.27. The van der Waals surface area contributed by atoms with Gasteiger partial charge in [0.1, 0.15) is 11.9 Å². The number of hydrogen-bond acceptors (Lipinski definition) is 2. The second-order valence-electron chi connectivity index (χ2n) is 7.27. The van der Waals surface area contributed by atoms with E-state index in [1.54, 1.807) is 25.1 Å². The van der Waals surface area contributed by atoms with Crippen LogP contribution in [0.2, 0.25) is 0 Å². The van der Waals surface area contributed by atoms with Crippen LogP contribution in [0.3, 0.4) is 0 Å². The van der Waals surface area contributed by atoms with Gasteiger partial charge in [-0.25, -0.2) is 4.39 Å². The molecule has 0 aliphatic heterocycles. The van der Waals surface area contributed by atoms with Gasteiger partial charge in [0.15, 0.2) is 0 Å². The highest BCUT2D eigenvalue weighted by atomic mass is 19.1. The number of aryl methyl sites for hydroxylation is 1. The minimum atomic E-state index is -0.658. The molecule has 0 bridgehead atoms. The van der Waals surface area contributed by atoms with Gasteiger partial charge < -0.3 is 10.2 Å². The van der Waals surface area contributed by atoms with E-state index < -0.39 is 11.9 Å². The molecule has 0 radical (unpaired) electrons. The summed E-state index contributed by atoms with van der Waals surface area (Å²) in [6, 6.07) is 13.4. The minimum absolute atomic E-state index is 0.0258. The fourth-order valence-corrected chi connectivity index (χ4v) is 2.84. The number of nitrogens with one attached hydrogen (secondary N) is 1. The van der Waals surface area contributed by atoms with Crippen LogP contribution in [-0.2, 0) is 22.6 Å². The van der Waals surface area contributed by atoms with Crippen LogP contribution in [0.15, 0.2) is 48.5 Å². The van der Waals surface area contributed by atoms with Crippen molar-refractivity contribution in [3.8, 4) is 0 Å². The molecule has 0 aromatic heterocycles. The van der Waals surface area contributed by atoms with Crippen molar-refractivity contribution in [2.45, 2.75) is 59.2 Å². The van der Waals surface area contributed by atoms with Gasteiger partial charge in [-0.15, -0.1) is 0 Å². The Morgan fingerprint density at radius 2 is 1.71 bits per heavy atom. The van der Waals surface area contributed by atoms with Gasteiger partial charge in [-0.2, -0.15) is 0 Å². The van der Waals surface area contributed by atoms with E-state index in [2.05, 4.69) is 5.32 Å². The van der Waals surface area contributed by atoms with Crippen molar-refractivity contribution in [2.75, 3.05) is 0 Å². The highest BCUT2D eigenvalue weighted by molar-refractivity contribution is 5.88. The lowest BCUT2D eigenvalue weighted by molar-refractivity contribution is -0.140. The van der Waals surface area contributed by atoms with Crippen molar-refractivity contribution in [3.63, 3.8) is 0 Å². The summed E-state index contributed by atoms with van der Waals surface area (Å²) in [5.41, 5.74) is 2.38. The number of rotatable bonds is 8. The average molecular weight is 384 g/mol. The van der Waals surface area contributed by atoms with Crippen LogP contribution in [0.1, 0.15) is 43.9 Å². The molecule has 0 saturated heterocycles. The maximum absolute atomic E-state index is 14.0. The third-order valence-electron chi connectivity index (χ3n) is 4.94. The number of hydrogen-bond donors (Lipinski definition) is 1. The average Bonchev–Trinajstić information content (AvgIpc) is 2.68. The van der Waals surface area contributed by atoms with Gasteiger partial charge >= 0.3 is 0 Å². The standard InChI is InChI=1S/C23H29FN2O2/c1-5-17(3)25-23(28)18(4)26(15-19-12-10-16(2)11-13-19)22(27)14-20-8-6-7-9-21(20)24/h6-13,17-18H,5,14-15H2,1-4H3,(H,25,28)/t17-,18+/m0/s1. The summed E-state index contributed by atoms with van der Waals surface area (Å²) >= 11 is 0. The van der Waals surface area contributed by atoms with E-state index in [1.807, 2.05) is 45.0 Å². The Morgan fingerprint density at radius 3 is 2.32 bits per heavy atom. The monoisotopic (exact) mass is 384 g/mol. The summed E-state index contributed by atoms with van der Waals surface area (Å²) in [6.07, 6.45) is 0.721. The normalized spacial score (nSPS) is 12.9. The van der Waals surface area contributed by atoms with Crippen LogP contribution < -0.4 is 5.32 Å². The van der Waals surface area contributed by atoms with E-state index >= 15 is 0 Å². The largest absolute Gasteiger partial charge is 0.352 e. The molecule has 5 heteroatoms. The van der Waals surface area contributed by atoms with Gasteiger partial charge in [0.2, 0.25) is 11.8 Å². The van der Waals surface area contributed by atoms with Crippen molar-refractivity contribution in [2.24, 2.45) is 0 Å². The number of nitrogens with zero attached hydrogens (tertiary/aromatic N) is 1. The van der Waals surface area contributed by atoms with Crippen molar-refractivity contribution >= 4 is 11.8 Å². The first kappa shape index (κ1) is 21.6. The molecule has 0 unspecified atom stereocenters. The molecular formula is C23H29FN2O2. The van der Waals surface area contributed by atoms with E-state index in [1.165, 1.54) is 11.0 Å². The molecule has 150 valence electrons. The second kappa shape index (κ2) is 10.0. The van der Waals surface area contributed by atoms with Crippen LogP contribution in [0.4, 0.5) is 4.39 Å². The molecule has 0 aliphatic carbocycles. The molecular weight excluding hydrogens is 355 g/mol. The van der Waals surface area contributed by atoms with Crippen molar-refractivity contribution in [1.82, 2.24) is 10.2 Å². The molecule has 0 heterocycles. The molecule has 0 fully saturated rings. The van der Waals surface area contributed by atoms with Gasteiger partial charge in [-0.1, -0.05) is 55.0 Å². The molecule has 2 aromatic rings. The van der Waals surface area contributed by atoms with E-state index in [-0.39, 0.29) is 24.3 Å². The summed E-state index contributed by atoms with van der Waals surface area (Å²) in [4.78, 5) is 27.2. The summed E-state index contributed by atoms with van der Waals surface area (Å²) < 4.78 is 14.0. The van der Waals surface area contributed by atoms with Crippen molar-refractivity contribution < 1.29 is 14.0 Å². The minimum Gasteiger partial charge on any atom is -0.352 e. The molecule has 0 saturated carbocycles. The Bertz CT molecular complexity index is 805. The fraction of sp³-hybridized carbons (Fsp3) is 0.391. The van der Waals surface area contributed by atoms with Gasteiger partial charge in [0.05, 0.1) is 6.42 Å². The number of amides is 2. The Kier molecular flexibility index (Phi) is 7.73. The highest BCUT2D eigenvalue weighted by Crippen LogP contribution is 2.15. The van der Waals surface area contributed by atoms with E-state index in [0.29, 0.717) is 12.1 Å². The SMILES string of the molecule is CC[C@H](C)NC(=O)[C@@H](C)N(Cc1ccc(C)cc1)C(=O)Cc1ccccc1F. The summed E-state index contributed by atoms with van der Waals surface area (Å²) in [7, 11) is 0. The topological polar surface area (TPSA) is 49.4 Å². The smallest absolute Gasteiger partial charge is 0.242 e. The Labute approximate surface area is 166 Å². The van der Waals surface area contributed by atoms with Crippen LogP contribution in [0.25, 0.3) is 0 Å². The predicted octanol–water partition coefficient (Wildman–Crippen LogP) is 4.01. The zero-order valence-corrected chi connectivity index (χ0v) is 17.0. The molecule has 0 aliphatic rings. The zero-order valence-electron chi connectivity index (χ0n) is 17.0. The first-order chi connectivity index (χ1) is 13.3. The Morgan fingerprint density at radius 1 is 1.07 bits per heavy atom. The van der Waals surface area contributed by atoms with Gasteiger partial charge in [0, 0.05) is 12.6 Å². The van der Waals surface area contributed by atoms with Crippen LogP contribution in [0, 0.1) is 12.7 Å². The van der Waals surface area contributed by atoms with Crippen molar-refractivity contribution in [1.29, 1.82) is 0 Å². The lowest BCUT2D eigenvalue weighted by Gasteiger charge is -2.30. The number of benzene rings is 2. The second-order valence-corrected chi connectivity index (χ2v) is 7.27. The first-order valence-electron chi connectivity index (χ1n) is 9.70. The van der Waals surface area contributed by atoms with Gasteiger partial charge in [-0.3, -0.25) is 9.59 Å². The number of halogens is 1. The molecule has 28 heavy (non-hydrogen) atoms. The molecule has 0 spiro atoms. The Balaban J connectivity index is 2.23. The van der Waals surface area contributed by atoms with Crippen LogP contribution in [0.5, 0.6) is 0 Å². The molecule has 4 nitrogen and oxygen atoms in total. The summed E-state index contributed by atoms with van der Waals surface area (Å²) in [5.74, 6) is -0.899. The third kappa shape index (κ3) is 5.91. The zero-order chi connectivity index (χ0) is 20.7. The number of carbonyl (C=O) groups is 2. The maximum atomic E-state index is 14.0. The van der Waals surface area contributed by atoms with E-state index in [0.717, 1.165) is 17.5 Å².